The van der Waals surface area contributed by atoms with Crippen LogP contribution in [0.1, 0.15) is 33.7 Å². The second-order valence-corrected chi connectivity index (χ2v) is 5.50. The number of benzene rings is 2. The first-order valence-corrected chi connectivity index (χ1v) is 7.81. The summed E-state index contributed by atoms with van der Waals surface area (Å²) in [5, 5.41) is 15.9. The molecule has 6 heteroatoms. The molecule has 0 atom stereocenters. The van der Waals surface area contributed by atoms with Crippen LogP contribution >= 0.6 is 0 Å². The molecule has 0 saturated heterocycles. The molecule has 123 valence electrons. The van der Waals surface area contributed by atoms with E-state index in [0.29, 0.717) is 35.6 Å². The number of carbonyl (C=O) groups excluding carboxylic acids is 1. The van der Waals surface area contributed by atoms with E-state index in [9.17, 15) is 4.79 Å². The van der Waals surface area contributed by atoms with E-state index in [2.05, 4.69) is 21.3 Å². The lowest BCUT2D eigenvalue weighted by Crippen LogP contribution is -2.13. The number of nitriles is 1. The lowest BCUT2D eigenvalue weighted by atomic mass is 10.0. The highest BCUT2D eigenvalue weighted by molar-refractivity contribution is 5.94. The van der Waals surface area contributed by atoms with Gasteiger partial charge in [0.1, 0.15) is 5.82 Å². The number of primary amides is 1. The van der Waals surface area contributed by atoms with Gasteiger partial charge in [0, 0.05) is 17.5 Å². The zero-order valence-electron chi connectivity index (χ0n) is 13.4. The maximum atomic E-state index is 11.4. The van der Waals surface area contributed by atoms with Crippen LogP contribution in [0.5, 0.6) is 0 Å². The zero-order valence-corrected chi connectivity index (χ0v) is 13.4. The summed E-state index contributed by atoms with van der Waals surface area (Å²) < 4.78 is 0. The van der Waals surface area contributed by atoms with Gasteiger partial charge < -0.3 is 5.73 Å². The van der Waals surface area contributed by atoms with E-state index >= 15 is 0 Å². The minimum Gasteiger partial charge on any atom is -0.366 e. The average molecular weight is 330 g/mol. The Bertz CT molecular complexity index is 921. The topological polar surface area (TPSA) is 108 Å². The van der Waals surface area contributed by atoms with Crippen LogP contribution in [0.25, 0.3) is 11.4 Å². The Balaban J connectivity index is 1.62. The summed E-state index contributed by atoms with van der Waals surface area (Å²) in [4.78, 5) is 15.9. The van der Waals surface area contributed by atoms with Crippen LogP contribution in [0.4, 0.5) is 0 Å². The van der Waals surface area contributed by atoms with Crippen molar-refractivity contribution in [3.05, 3.63) is 77.5 Å². The molecule has 1 radical (unpaired) electrons. The maximum absolute atomic E-state index is 11.4. The summed E-state index contributed by atoms with van der Waals surface area (Å²) >= 11 is 0. The number of amides is 1. The van der Waals surface area contributed by atoms with Gasteiger partial charge in [-0.25, -0.2) is 4.98 Å². The van der Waals surface area contributed by atoms with Gasteiger partial charge in [-0.1, -0.05) is 18.2 Å². The molecule has 0 bridgehead atoms. The third kappa shape index (κ3) is 3.90. The van der Waals surface area contributed by atoms with Crippen LogP contribution in [0.2, 0.25) is 0 Å². The third-order valence-corrected chi connectivity index (χ3v) is 3.81. The highest BCUT2D eigenvalue weighted by Gasteiger charge is 2.09. The fourth-order valence-corrected chi connectivity index (χ4v) is 2.53. The molecule has 2 aromatic carbocycles. The smallest absolute Gasteiger partial charge is 0.248 e. The number of hydrogen-bond donors (Lipinski definition) is 2. The minimum absolute atomic E-state index is 0.418. The predicted molar refractivity (Wildman–Crippen MR) is 93.2 cm³/mol. The lowest BCUT2D eigenvalue weighted by Gasteiger charge is -2.05. The molecule has 0 spiro atoms. The van der Waals surface area contributed by atoms with Gasteiger partial charge in [0.25, 0.3) is 0 Å². The van der Waals surface area contributed by atoms with Gasteiger partial charge in [-0.3, -0.25) is 9.89 Å². The van der Waals surface area contributed by atoms with E-state index < -0.39 is 5.91 Å². The van der Waals surface area contributed by atoms with Crippen molar-refractivity contribution >= 4 is 5.91 Å². The second kappa shape index (κ2) is 7.41. The number of rotatable bonds is 6. The molecule has 0 unspecified atom stereocenters. The number of H-pyrrole nitrogens is 1. The van der Waals surface area contributed by atoms with Crippen molar-refractivity contribution in [3.63, 3.8) is 0 Å². The number of hydrogen-bond acceptors (Lipinski definition) is 4. The Labute approximate surface area is 145 Å². The van der Waals surface area contributed by atoms with E-state index in [4.69, 9.17) is 11.0 Å². The van der Waals surface area contributed by atoms with Crippen molar-refractivity contribution in [2.45, 2.75) is 12.8 Å². The van der Waals surface area contributed by atoms with E-state index in [-0.39, 0.29) is 0 Å². The van der Waals surface area contributed by atoms with Gasteiger partial charge in [-0.2, -0.15) is 10.4 Å². The molecule has 1 aromatic heterocycles. The molecule has 3 N–H and O–H groups in total. The van der Waals surface area contributed by atoms with E-state index in [1.807, 2.05) is 30.7 Å². The summed E-state index contributed by atoms with van der Waals surface area (Å²) in [6.07, 6.45) is 3.32. The SMILES string of the molecule is N#Cc1ccc(-c2n[nH]c([CH]CCc3ccccc3C(N)=O)n2)cc1. The van der Waals surface area contributed by atoms with E-state index in [1.54, 1.807) is 24.3 Å². The summed E-state index contributed by atoms with van der Waals surface area (Å²) in [5.41, 5.74) is 8.29. The molecule has 25 heavy (non-hydrogen) atoms. The Morgan fingerprint density at radius 2 is 1.96 bits per heavy atom. The van der Waals surface area contributed by atoms with Gasteiger partial charge in [0.05, 0.1) is 11.6 Å². The van der Waals surface area contributed by atoms with Gasteiger partial charge in [0.2, 0.25) is 5.91 Å². The van der Waals surface area contributed by atoms with E-state index in [1.165, 1.54) is 0 Å². The number of nitrogens with one attached hydrogen (secondary N) is 1. The van der Waals surface area contributed by atoms with Gasteiger partial charge in [-0.05, 0) is 48.7 Å². The van der Waals surface area contributed by atoms with Crippen molar-refractivity contribution in [1.82, 2.24) is 15.2 Å². The number of carbonyl (C=O) groups is 1. The third-order valence-electron chi connectivity index (χ3n) is 3.81. The molecule has 0 aliphatic rings. The van der Waals surface area contributed by atoms with Crippen molar-refractivity contribution in [2.75, 3.05) is 0 Å². The highest BCUT2D eigenvalue weighted by atomic mass is 16.1. The molecule has 0 saturated carbocycles. The summed E-state index contributed by atoms with van der Waals surface area (Å²) in [6, 6.07) is 16.5. The van der Waals surface area contributed by atoms with Crippen LogP contribution in [0.3, 0.4) is 0 Å². The molecular weight excluding hydrogens is 314 g/mol. The molecule has 0 aliphatic carbocycles. The van der Waals surface area contributed by atoms with Crippen LogP contribution in [0.15, 0.2) is 48.5 Å². The standard InChI is InChI=1S/C19H16N5O/c20-12-13-8-10-15(11-9-13)19-22-17(23-24-19)7-3-5-14-4-1-2-6-16(14)18(21)25/h1-2,4,6-11H,3,5H2,(H2,21,25)(H,22,23,24). The fraction of sp³-hybridized carbons (Fsp3) is 0.105. The Morgan fingerprint density at radius 3 is 2.68 bits per heavy atom. The van der Waals surface area contributed by atoms with Crippen molar-refractivity contribution in [1.29, 1.82) is 5.26 Å². The summed E-state index contributed by atoms with van der Waals surface area (Å²) in [5.74, 6) is 0.822. The number of aromatic amines is 1. The van der Waals surface area contributed by atoms with Crippen LogP contribution in [-0.4, -0.2) is 21.1 Å². The second-order valence-electron chi connectivity index (χ2n) is 5.50. The number of nitrogens with zero attached hydrogens (tertiary/aromatic N) is 3. The molecule has 0 fully saturated rings. The van der Waals surface area contributed by atoms with Gasteiger partial charge in [-0.15, -0.1) is 0 Å². The first-order chi connectivity index (χ1) is 12.2. The van der Waals surface area contributed by atoms with Gasteiger partial charge in [0.15, 0.2) is 5.82 Å². The Hall–Kier alpha value is -3.46. The molecule has 1 amide bonds. The normalized spacial score (nSPS) is 10.4. The predicted octanol–water partition coefficient (Wildman–Crippen LogP) is 2.63. The van der Waals surface area contributed by atoms with E-state index in [0.717, 1.165) is 11.1 Å². The van der Waals surface area contributed by atoms with Crippen molar-refractivity contribution < 1.29 is 4.79 Å². The molecular formula is C19H16N5O. The molecule has 1 heterocycles. The minimum atomic E-state index is -0.418. The summed E-state index contributed by atoms with van der Waals surface area (Å²) in [6.45, 7) is 0. The summed E-state index contributed by atoms with van der Waals surface area (Å²) in [7, 11) is 0. The molecule has 3 aromatic rings. The lowest BCUT2D eigenvalue weighted by molar-refractivity contribution is 0.0999. The molecule has 6 nitrogen and oxygen atoms in total. The number of aromatic nitrogens is 3. The largest absolute Gasteiger partial charge is 0.366 e. The monoisotopic (exact) mass is 330 g/mol. The molecule has 0 aliphatic heterocycles. The first-order valence-electron chi connectivity index (χ1n) is 7.81. The van der Waals surface area contributed by atoms with Crippen molar-refractivity contribution in [2.24, 2.45) is 5.73 Å². The highest BCUT2D eigenvalue weighted by Crippen LogP contribution is 2.17. The van der Waals surface area contributed by atoms with Crippen LogP contribution in [-0.2, 0) is 6.42 Å². The Kier molecular flexibility index (Phi) is 4.86. The van der Waals surface area contributed by atoms with Crippen LogP contribution < -0.4 is 5.73 Å². The molecule has 3 rings (SSSR count). The van der Waals surface area contributed by atoms with Gasteiger partial charge >= 0.3 is 0 Å². The fourth-order valence-electron chi connectivity index (χ4n) is 2.53. The number of nitrogens with two attached hydrogens (primary N) is 1. The quantitative estimate of drug-likeness (QED) is 0.724. The first kappa shape index (κ1) is 16.4. The van der Waals surface area contributed by atoms with Crippen LogP contribution in [0, 0.1) is 17.8 Å². The zero-order chi connectivity index (χ0) is 17.6. The van der Waals surface area contributed by atoms with Crippen molar-refractivity contribution in [3.8, 4) is 17.5 Å². The average Bonchev–Trinajstić information content (AvgIpc) is 3.11. The number of aryl methyl sites for hydroxylation is 1. The Morgan fingerprint density at radius 1 is 1.20 bits per heavy atom. The maximum Gasteiger partial charge on any atom is 0.248 e.